The summed E-state index contributed by atoms with van der Waals surface area (Å²) >= 11 is 6.01. The third kappa shape index (κ3) is 5.59. The van der Waals surface area contributed by atoms with E-state index in [4.69, 9.17) is 16.3 Å². The third-order valence-electron chi connectivity index (χ3n) is 6.32. The largest absolute Gasteiger partial charge is 0.481 e. The molecule has 1 unspecified atom stereocenters. The standard InChI is InChI=1S/C23H31ClN4O4/c1-15(2)11-18(25-16(3)29)22(31)28-10-7-23(14-28)5-8-27(9-6-23)21(30)17-12-19(24)26-20(13-17)32-4/h12-13,18H,1,5-11,14H2,2-4H3,(H,25,29). The van der Waals surface area contributed by atoms with Crippen molar-refractivity contribution in [1.29, 1.82) is 0 Å². The zero-order valence-electron chi connectivity index (χ0n) is 18.9. The van der Waals surface area contributed by atoms with E-state index < -0.39 is 6.04 Å². The van der Waals surface area contributed by atoms with E-state index in [0.717, 1.165) is 24.8 Å². The van der Waals surface area contributed by atoms with Crippen LogP contribution in [0.5, 0.6) is 5.88 Å². The molecular weight excluding hydrogens is 432 g/mol. The van der Waals surface area contributed by atoms with Crippen LogP contribution in [0.1, 0.15) is 49.9 Å². The second kappa shape index (κ2) is 9.90. The minimum atomic E-state index is -0.576. The maximum absolute atomic E-state index is 13.1. The van der Waals surface area contributed by atoms with Crippen molar-refractivity contribution in [2.24, 2.45) is 5.41 Å². The van der Waals surface area contributed by atoms with Crippen molar-refractivity contribution in [1.82, 2.24) is 20.1 Å². The van der Waals surface area contributed by atoms with Crippen molar-refractivity contribution in [3.05, 3.63) is 35.0 Å². The van der Waals surface area contributed by atoms with Gasteiger partial charge in [-0.05, 0) is 44.1 Å². The maximum Gasteiger partial charge on any atom is 0.254 e. The average molecular weight is 463 g/mol. The number of carbonyl (C=O) groups is 3. The number of rotatable bonds is 6. The van der Waals surface area contributed by atoms with Crippen LogP contribution in [0.4, 0.5) is 0 Å². The molecule has 1 spiro atoms. The number of nitrogens with zero attached hydrogens (tertiary/aromatic N) is 3. The van der Waals surface area contributed by atoms with E-state index in [9.17, 15) is 14.4 Å². The number of pyridine rings is 1. The molecule has 8 nitrogen and oxygen atoms in total. The molecule has 2 fully saturated rings. The zero-order chi connectivity index (χ0) is 23.5. The summed E-state index contributed by atoms with van der Waals surface area (Å²) in [5.41, 5.74) is 1.31. The maximum atomic E-state index is 13.1. The number of nitrogens with one attached hydrogen (secondary N) is 1. The lowest BCUT2D eigenvalue weighted by Gasteiger charge is -2.39. The summed E-state index contributed by atoms with van der Waals surface area (Å²) in [6.45, 7) is 9.69. The molecule has 0 bridgehead atoms. The monoisotopic (exact) mass is 462 g/mol. The van der Waals surface area contributed by atoms with E-state index in [-0.39, 0.29) is 28.3 Å². The smallest absolute Gasteiger partial charge is 0.254 e. The molecule has 1 aromatic heterocycles. The van der Waals surface area contributed by atoms with Gasteiger partial charge in [0.1, 0.15) is 11.2 Å². The van der Waals surface area contributed by atoms with Crippen LogP contribution in [-0.4, -0.2) is 71.8 Å². The topological polar surface area (TPSA) is 91.8 Å². The molecule has 0 aliphatic carbocycles. The number of halogens is 1. The Morgan fingerprint density at radius 1 is 1.19 bits per heavy atom. The lowest BCUT2D eigenvalue weighted by Crippen LogP contribution is -2.49. The van der Waals surface area contributed by atoms with Crippen molar-refractivity contribution < 1.29 is 19.1 Å². The van der Waals surface area contributed by atoms with Gasteiger partial charge in [0.2, 0.25) is 17.7 Å². The van der Waals surface area contributed by atoms with Crippen molar-refractivity contribution in [2.45, 2.75) is 45.6 Å². The van der Waals surface area contributed by atoms with Crippen LogP contribution in [0.25, 0.3) is 0 Å². The molecule has 0 aromatic carbocycles. The van der Waals surface area contributed by atoms with E-state index in [2.05, 4.69) is 16.9 Å². The Balaban J connectivity index is 1.61. The van der Waals surface area contributed by atoms with Crippen molar-refractivity contribution in [2.75, 3.05) is 33.3 Å². The molecule has 3 amide bonds. The summed E-state index contributed by atoms with van der Waals surface area (Å²) in [7, 11) is 1.48. The number of piperidine rings is 1. The first-order valence-corrected chi connectivity index (χ1v) is 11.2. The molecule has 1 N–H and O–H groups in total. The summed E-state index contributed by atoms with van der Waals surface area (Å²) in [6, 6.07) is 2.57. The first-order chi connectivity index (χ1) is 15.1. The first-order valence-electron chi connectivity index (χ1n) is 10.8. The van der Waals surface area contributed by atoms with E-state index in [1.165, 1.54) is 14.0 Å². The van der Waals surface area contributed by atoms with Gasteiger partial charge in [0.05, 0.1) is 7.11 Å². The molecule has 3 rings (SSSR count). The highest BCUT2D eigenvalue weighted by atomic mass is 35.5. The highest BCUT2D eigenvalue weighted by Crippen LogP contribution is 2.41. The fraction of sp³-hybridized carbons (Fsp3) is 0.565. The van der Waals surface area contributed by atoms with Crippen LogP contribution in [0.15, 0.2) is 24.3 Å². The first kappa shape index (κ1) is 24.0. The Morgan fingerprint density at radius 2 is 1.81 bits per heavy atom. The van der Waals surface area contributed by atoms with Gasteiger partial charge >= 0.3 is 0 Å². The normalized spacial score (nSPS) is 18.4. The number of carbonyl (C=O) groups excluding carboxylic acids is 3. The Hall–Kier alpha value is -2.61. The SMILES string of the molecule is C=C(C)CC(NC(C)=O)C(=O)N1CCC2(CCN(C(=O)c3cc(Cl)nc(OC)c3)CC2)C1. The van der Waals surface area contributed by atoms with Crippen LogP contribution in [0, 0.1) is 5.41 Å². The summed E-state index contributed by atoms with van der Waals surface area (Å²) in [5, 5.41) is 2.98. The second-order valence-corrected chi connectivity index (χ2v) is 9.32. The van der Waals surface area contributed by atoms with Gasteiger partial charge < -0.3 is 19.9 Å². The van der Waals surface area contributed by atoms with Gasteiger partial charge in [-0.25, -0.2) is 4.98 Å². The summed E-state index contributed by atoms with van der Waals surface area (Å²) in [6.07, 6.45) is 2.98. The van der Waals surface area contributed by atoms with Crippen molar-refractivity contribution >= 4 is 29.3 Å². The van der Waals surface area contributed by atoms with E-state index in [1.54, 1.807) is 12.1 Å². The molecule has 1 aromatic rings. The molecule has 2 aliphatic heterocycles. The number of methoxy groups -OCH3 is 1. The third-order valence-corrected chi connectivity index (χ3v) is 6.51. The number of amides is 3. The number of hydrogen-bond acceptors (Lipinski definition) is 5. The average Bonchev–Trinajstić information content (AvgIpc) is 3.15. The fourth-order valence-corrected chi connectivity index (χ4v) is 4.81. The van der Waals surface area contributed by atoms with Gasteiger partial charge in [0.25, 0.3) is 5.91 Å². The molecular formula is C23H31ClN4O4. The molecule has 2 aliphatic rings. The zero-order valence-corrected chi connectivity index (χ0v) is 19.7. The minimum absolute atomic E-state index is 0.00398. The van der Waals surface area contributed by atoms with Crippen LogP contribution in [0.3, 0.4) is 0 Å². The molecule has 2 saturated heterocycles. The number of hydrogen-bond donors (Lipinski definition) is 1. The summed E-state index contributed by atoms with van der Waals surface area (Å²) in [4.78, 5) is 45.3. The van der Waals surface area contributed by atoms with Gasteiger partial charge in [-0.3, -0.25) is 14.4 Å². The predicted octanol–water partition coefficient (Wildman–Crippen LogP) is 2.67. The molecule has 0 radical (unpaired) electrons. The molecule has 174 valence electrons. The van der Waals surface area contributed by atoms with E-state index in [0.29, 0.717) is 44.0 Å². The van der Waals surface area contributed by atoms with E-state index in [1.807, 2.05) is 16.7 Å². The Labute approximate surface area is 193 Å². The van der Waals surface area contributed by atoms with Crippen molar-refractivity contribution in [3.63, 3.8) is 0 Å². The molecule has 9 heteroatoms. The predicted molar refractivity (Wildman–Crippen MR) is 122 cm³/mol. The van der Waals surface area contributed by atoms with Gasteiger partial charge in [-0.15, -0.1) is 6.58 Å². The molecule has 32 heavy (non-hydrogen) atoms. The fourth-order valence-electron chi connectivity index (χ4n) is 4.61. The Bertz CT molecular complexity index is 895. The molecule has 3 heterocycles. The lowest BCUT2D eigenvalue weighted by atomic mass is 9.77. The molecule has 1 atom stereocenters. The lowest BCUT2D eigenvalue weighted by molar-refractivity contribution is -0.135. The van der Waals surface area contributed by atoms with Gasteiger partial charge in [-0.1, -0.05) is 17.2 Å². The van der Waals surface area contributed by atoms with Crippen LogP contribution >= 0.6 is 11.6 Å². The van der Waals surface area contributed by atoms with Crippen LogP contribution < -0.4 is 10.1 Å². The Morgan fingerprint density at radius 3 is 2.38 bits per heavy atom. The van der Waals surface area contributed by atoms with E-state index >= 15 is 0 Å². The summed E-state index contributed by atoms with van der Waals surface area (Å²) < 4.78 is 5.12. The number of likely N-dealkylation sites (tertiary alicyclic amines) is 2. The van der Waals surface area contributed by atoms with Gasteiger partial charge in [0, 0.05) is 44.7 Å². The highest BCUT2D eigenvalue weighted by molar-refractivity contribution is 6.29. The summed E-state index contributed by atoms with van der Waals surface area (Å²) in [5.74, 6) is -0.0707. The highest BCUT2D eigenvalue weighted by Gasteiger charge is 2.44. The number of ether oxygens (including phenoxy) is 1. The van der Waals surface area contributed by atoms with Gasteiger partial charge in [-0.2, -0.15) is 0 Å². The quantitative estimate of drug-likeness (QED) is 0.518. The minimum Gasteiger partial charge on any atom is -0.481 e. The number of aromatic nitrogens is 1. The Kier molecular flexibility index (Phi) is 7.44. The van der Waals surface area contributed by atoms with Crippen LogP contribution in [0.2, 0.25) is 5.15 Å². The second-order valence-electron chi connectivity index (χ2n) is 8.94. The van der Waals surface area contributed by atoms with Crippen LogP contribution in [-0.2, 0) is 9.59 Å². The van der Waals surface area contributed by atoms with Crippen molar-refractivity contribution in [3.8, 4) is 5.88 Å². The molecule has 0 saturated carbocycles. The van der Waals surface area contributed by atoms with Gasteiger partial charge in [0.15, 0.2) is 0 Å².